The number of nitrogens with zero attached hydrogens (tertiary/aromatic N) is 2. The molecule has 2 unspecified atom stereocenters. The van der Waals surface area contributed by atoms with Gasteiger partial charge < -0.3 is 10.9 Å². The number of hydrogen-bond acceptors (Lipinski definition) is 3. The molecule has 4 nitrogen and oxygen atoms in total. The highest BCUT2D eigenvalue weighted by Crippen LogP contribution is 2.23. The van der Waals surface area contributed by atoms with Crippen molar-refractivity contribution in [2.24, 2.45) is 16.8 Å². The lowest BCUT2D eigenvalue weighted by atomic mass is 9.94. The van der Waals surface area contributed by atoms with Gasteiger partial charge in [-0.2, -0.15) is 0 Å². The molecular weight excluding hydrogens is 257 g/mol. The third-order valence-corrected chi connectivity index (χ3v) is 3.99. The van der Waals surface area contributed by atoms with E-state index >= 15 is 0 Å². The Morgan fingerprint density at radius 1 is 1.40 bits per heavy atom. The number of nitrogens with two attached hydrogens (primary N) is 1. The van der Waals surface area contributed by atoms with Gasteiger partial charge in [0.1, 0.15) is 5.82 Å². The van der Waals surface area contributed by atoms with E-state index in [2.05, 4.69) is 23.9 Å². The largest absolute Gasteiger partial charge is 0.409 e. The Morgan fingerprint density at radius 2 is 2.15 bits per heavy atom. The Labute approximate surface area is 119 Å². The van der Waals surface area contributed by atoms with E-state index in [0.29, 0.717) is 24.1 Å². The molecule has 1 fully saturated rings. The summed E-state index contributed by atoms with van der Waals surface area (Å²) in [5.41, 5.74) is 6.81. The molecule has 3 N–H and O–H groups in total. The van der Waals surface area contributed by atoms with Crippen molar-refractivity contribution in [3.8, 4) is 0 Å². The molecule has 20 heavy (non-hydrogen) atoms. The summed E-state index contributed by atoms with van der Waals surface area (Å²) in [5, 5.41) is 11.6. The van der Waals surface area contributed by atoms with Gasteiger partial charge in [0.25, 0.3) is 0 Å². The highest BCUT2D eigenvalue weighted by atomic mass is 19.1. The van der Waals surface area contributed by atoms with Gasteiger partial charge in [-0.15, -0.1) is 0 Å². The summed E-state index contributed by atoms with van der Waals surface area (Å²) >= 11 is 0. The Kier molecular flexibility index (Phi) is 4.60. The molecule has 1 aliphatic rings. The summed E-state index contributed by atoms with van der Waals surface area (Å²) in [6, 6.07) is 5.08. The van der Waals surface area contributed by atoms with Gasteiger partial charge in [-0.3, -0.25) is 4.90 Å². The minimum atomic E-state index is -0.359. The Balaban J connectivity index is 2.18. The SMILES string of the molecule is CC1CCC(C)N(Cc2cc(F)cc(/C(N)=N/O)c2)C1. The number of halogens is 1. The molecule has 0 saturated carbocycles. The van der Waals surface area contributed by atoms with E-state index in [1.807, 2.05) is 0 Å². The van der Waals surface area contributed by atoms with Crippen molar-refractivity contribution in [3.63, 3.8) is 0 Å². The van der Waals surface area contributed by atoms with E-state index in [9.17, 15) is 4.39 Å². The van der Waals surface area contributed by atoms with Gasteiger partial charge in [-0.05, 0) is 49.4 Å². The first kappa shape index (κ1) is 14.8. The summed E-state index contributed by atoms with van der Waals surface area (Å²) in [5.74, 6) is 0.246. The van der Waals surface area contributed by atoms with E-state index in [1.54, 1.807) is 6.07 Å². The molecule has 0 spiro atoms. The van der Waals surface area contributed by atoms with Gasteiger partial charge in [0.15, 0.2) is 5.84 Å². The zero-order valence-corrected chi connectivity index (χ0v) is 12.0. The van der Waals surface area contributed by atoms with Crippen LogP contribution in [0.2, 0.25) is 0 Å². The van der Waals surface area contributed by atoms with Crippen LogP contribution in [0.3, 0.4) is 0 Å². The maximum Gasteiger partial charge on any atom is 0.170 e. The Hall–Kier alpha value is -1.62. The lowest BCUT2D eigenvalue weighted by molar-refractivity contribution is 0.117. The first-order chi connectivity index (χ1) is 9.49. The standard InChI is InChI=1S/C15H22FN3O/c1-10-3-4-11(2)19(8-10)9-12-5-13(15(17)18-20)7-14(16)6-12/h5-7,10-11,20H,3-4,8-9H2,1-2H3,(H2,17,18). The van der Waals surface area contributed by atoms with Crippen molar-refractivity contribution in [1.82, 2.24) is 4.90 Å². The van der Waals surface area contributed by atoms with Crippen molar-refractivity contribution in [2.45, 2.75) is 39.3 Å². The third kappa shape index (κ3) is 3.48. The van der Waals surface area contributed by atoms with Gasteiger partial charge in [-0.25, -0.2) is 4.39 Å². The molecule has 1 aromatic rings. The fraction of sp³-hybridized carbons (Fsp3) is 0.533. The molecule has 2 rings (SSSR count). The molecule has 5 heteroatoms. The number of hydrogen-bond donors (Lipinski definition) is 2. The van der Waals surface area contributed by atoms with Crippen molar-refractivity contribution in [3.05, 3.63) is 35.1 Å². The highest BCUT2D eigenvalue weighted by Gasteiger charge is 2.23. The van der Waals surface area contributed by atoms with Crippen LogP contribution in [0, 0.1) is 11.7 Å². The average Bonchev–Trinajstić information content (AvgIpc) is 2.41. The average molecular weight is 279 g/mol. The summed E-state index contributed by atoms with van der Waals surface area (Å²) in [6.45, 7) is 6.16. The van der Waals surface area contributed by atoms with Crippen LogP contribution < -0.4 is 5.73 Å². The summed E-state index contributed by atoms with van der Waals surface area (Å²) < 4.78 is 13.6. The number of benzene rings is 1. The molecule has 0 radical (unpaired) electrons. The van der Waals surface area contributed by atoms with Crippen LogP contribution in [-0.2, 0) is 6.54 Å². The lowest BCUT2D eigenvalue weighted by Gasteiger charge is -2.36. The molecule has 1 aliphatic heterocycles. The van der Waals surface area contributed by atoms with E-state index in [-0.39, 0.29) is 11.7 Å². The minimum Gasteiger partial charge on any atom is -0.409 e. The van der Waals surface area contributed by atoms with Crippen molar-refractivity contribution in [1.29, 1.82) is 0 Å². The topological polar surface area (TPSA) is 61.8 Å². The molecule has 2 atom stereocenters. The van der Waals surface area contributed by atoms with Crippen LogP contribution in [0.15, 0.2) is 23.4 Å². The predicted octanol–water partition coefficient (Wildman–Crippen LogP) is 2.54. The minimum absolute atomic E-state index is 0.0641. The van der Waals surface area contributed by atoms with E-state index < -0.39 is 0 Å². The monoisotopic (exact) mass is 279 g/mol. The number of piperidine rings is 1. The zero-order valence-electron chi connectivity index (χ0n) is 12.0. The van der Waals surface area contributed by atoms with Gasteiger partial charge in [-0.1, -0.05) is 12.1 Å². The van der Waals surface area contributed by atoms with Crippen molar-refractivity contribution >= 4 is 5.84 Å². The maximum absolute atomic E-state index is 13.6. The Bertz CT molecular complexity index is 504. The van der Waals surface area contributed by atoms with Crippen LogP contribution in [-0.4, -0.2) is 28.5 Å². The number of likely N-dealkylation sites (tertiary alicyclic amines) is 1. The predicted molar refractivity (Wildman–Crippen MR) is 77.2 cm³/mol. The van der Waals surface area contributed by atoms with Crippen LogP contribution in [0.25, 0.3) is 0 Å². The van der Waals surface area contributed by atoms with E-state index in [0.717, 1.165) is 12.1 Å². The molecule has 1 saturated heterocycles. The van der Waals surface area contributed by atoms with Crippen molar-refractivity contribution < 1.29 is 9.60 Å². The van der Waals surface area contributed by atoms with Gasteiger partial charge in [0.2, 0.25) is 0 Å². The van der Waals surface area contributed by atoms with Crippen LogP contribution in [0.4, 0.5) is 4.39 Å². The molecule has 0 aromatic heterocycles. The van der Waals surface area contributed by atoms with Crippen LogP contribution in [0.5, 0.6) is 0 Å². The number of oxime groups is 1. The van der Waals surface area contributed by atoms with Crippen LogP contribution >= 0.6 is 0 Å². The fourth-order valence-electron chi connectivity index (χ4n) is 2.78. The van der Waals surface area contributed by atoms with Gasteiger partial charge >= 0.3 is 0 Å². The van der Waals surface area contributed by atoms with E-state index in [1.165, 1.54) is 25.0 Å². The molecule has 0 aliphatic carbocycles. The van der Waals surface area contributed by atoms with E-state index in [4.69, 9.17) is 10.9 Å². The maximum atomic E-state index is 13.6. The number of amidine groups is 1. The lowest BCUT2D eigenvalue weighted by Crippen LogP contribution is -2.40. The molecule has 1 heterocycles. The fourth-order valence-corrected chi connectivity index (χ4v) is 2.78. The second-order valence-electron chi connectivity index (χ2n) is 5.79. The molecule has 0 amide bonds. The third-order valence-electron chi connectivity index (χ3n) is 3.99. The molecule has 110 valence electrons. The second kappa shape index (κ2) is 6.22. The zero-order chi connectivity index (χ0) is 14.7. The van der Waals surface area contributed by atoms with Gasteiger partial charge in [0, 0.05) is 24.7 Å². The Morgan fingerprint density at radius 3 is 2.85 bits per heavy atom. The second-order valence-corrected chi connectivity index (χ2v) is 5.79. The smallest absolute Gasteiger partial charge is 0.170 e. The number of rotatable bonds is 3. The molecule has 0 bridgehead atoms. The molecular formula is C15H22FN3O. The quantitative estimate of drug-likeness (QED) is 0.387. The highest BCUT2D eigenvalue weighted by molar-refractivity contribution is 5.97. The summed E-state index contributed by atoms with van der Waals surface area (Å²) in [4.78, 5) is 2.36. The van der Waals surface area contributed by atoms with Crippen molar-refractivity contribution in [2.75, 3.05) is 6.54 Å². The first-order valence-electron chi connectivity index (χ1n) is 7.01. The first-order valence-corrected chi connectivity index (χ1v) is 7.01. The summed E-state index contributed by atoms with van der Waals surface area (Å²) in [7, 11) is 0. The molecule has 1 aromatic carbocycles. The van der Waals surface area contributed by atoms with Gasteiger partial charge in [0.05, 0.1) is 0 Å². The van der Waals surface area contributed by atoms with Crippen LogP contribution in [0.1, 0.15) is 37.8 Å². The normalized spacial score (nSPS) is 24.9. The summed E-state index contributed by atoms with van der Waals surface area (Å²) in [6.07, 6.45) is 2.42.